The van der Waals surface area contributed by atoms with Crippen molar-refractivity contribution in [3.05, 3.63) is 24.3 Å². The van der Waals surface area contributed by atoms with E-state index >= 15 is 0 Å². The number of nitrogens with two attached hydrogens (primary N) is 1. The van der Waals surface area contributed by atoms with Gasteiger partial charge in [0, 0.05) is 5.92 Å². The first-order chi connectivity index (χ1) is 10.6. The van der Waals surface area contributed by atoms with Crippen LogP contribution in [0, 0.1) is 5.92 Å². The van der Waals surface area contributed by atoms with Gasteiger partial charge in [-0.05, 0) is 45.0 Å². The van der Waals surface area contributed by atoms with Crippen LogP contribution in [0.4, 0.5) is 5.69 Å². The second-order valence-electron chi connectivity index (χ2n) is 5.44. The number of anilines is 1. The number of nitrogens with zero attached hydrogens (tertiary/aromatic N) is 1. The Kier molecular flexibility index (Phi) is 5.77. The molecule has 1 saturated heterocycles. The van der Waals surface area contributed by atoms with E-state index in [4.69, 9.17) is 10.5 Å². The molecule has 1 heterocycles. The Morgan fingerprint density at radius 3 is 2.64 bits per heavy atom. The molecule has 22 heavy (non-hydrogen) atoms. The summed E-state index contributed by atoms with van der Waals surface area (Å²) in [6.45, 7) is 4.16. The number of carbonyl (C=O) groups is 2. The van der Waals surface area contributed by atoms with Crippen molar-refractivity contribution in [2.24, 2.45) is 11.7 Å². The van der Waals surface area contributed by atoms with Gasteiger partial charge in [-0.15, -0.1) is 0 Å². The highest BCUT2D eigenvalue weighted by atomic mass is 16.5. The van der Waals surface area contributed by atoms with Gasteiger partial charge in [-0.3, -0.25) is 14.5 Å². The van der Waals surface area contributed by atoms with Crippen molar-refractivity contribution in [1.82, 2.24) is 4.90 Å². The second-order valence-corrected chi connectivity index (χ2v) is 5.44. The van der Waals surface area contributed by atoms with E-state index in [-0.39, 0.29) is 24.3 Å². The molecular formula is C16H23N3O3. The highest BCUT2D eigenvalue weighted by molar-refractivity contribution is 5.94. The summed E-state index contributed by atoms with van der Waals surface area (Å²) in [5.41, 5.74) is 5.89. The number of para-hydroxylation sites is 2. The summed E-state index contributed by atoms with van der Waals surface area (Å²) in [7, 11) is 0. The zero-order valence-corrected chi connectivity index (χ0v) is 12.9. The van der Waals surface area contributed by atoms with Crippen LogP contribution in [-0.2, 0) is 9.59 Å². The zero-order chi connectivity index (χ0) is 15.9. The molecule has 0 spiro atoms. The van der Waals surface area contributed by atoms with Gasteiger partial charge in [0.05, 0.1) is 18.8 Å². The van der Waals surface area contributed by atoms with Gasteiger partial charge < -0.3 is 15.8 Å². The topological polar surface area (TPSA) is 84.7 Å². The van der Waals surface area contributed by atoms with Gasteiger partial charge in [0.1, 0.15) is 5.75 Å². The molecule has 1 aromatic carbocycles. The van der Waals surface area contributed by atoms with Gasteiger partial charge in [-0.25, -0.2) is 0 Å². The number of carbonyl (C=O) groups excluding carboxylic acids is 2. The van der Waals surface area contributed by atoms with Crippen molar-refractivity contribution in [2.45, 2.75) is 19.8 Å². The molecule has 0 radical (unpaired) electrons. The highest BCUT2D eigenvalue weighted by Gasteiger charge is 2.26. The second kappa shape index (κ2) is 7.79. The molecule has 2 amide bonds. The summed E-state index contributed by atoms with van der Waals surface area (Å²) in [6.07, 6.45) is 1.46. The Morgan fingerprint density at radius 2 is 2.00 bits per heavy atom. The van der Waals surface area contributed by atoms with E-state index in [1.807, 2.05) is 36.1 Å². The summed E-state index contributed by atoms with van der Waals surface area (Å²) in [6, 6.07) is 7.43. The molecule has 120 valence electrons. The Balaban J connectivity index is 1.90. The van der Waals surface area contributed by atoms with Crippen LogP contribution in [0.3, 0.4) is 0 Å². The molecule has 1 fully saturated rings. The summed E-state index contributed by atoms with van der Waals surface area (Å²) in [4.78, 5) is 25.3. The van der Waals surface area contributed by atoms with E-state index in [0.717, 1.165) is 12.8 Å². The Labute approximate surface area is 130 Å². The minimum Gasteiger partial charge on any atom is -0.492 e. The number of hydrogen-bond donors (Lipinski definition) is 2. The molecule has 0 aromatic heterocycles. The van der Waals surface area contributed by atoms with Gasteiger partial charge in [-0.2, -0.15) is 0 Å². The fourth-order valence-corrected chi connectivity index (χ4v) is 2.66. The Hall–Kier alpha value is -2.08. The predicted octanol–water partition coefficient (Wildman–Crippen LogP) is 1.22. The number of piperidine rings is 1. The van der Waals surface area contributed by atoms with Crippen LogP contribution in [0.25, 0.3) is 0 Å². The Bertz CT molecular complexity index is 525. The Morgan fingerprint density at radius 1 is 1.32 bits per heavy atom. The zero-order valence-electron chi connectivity index (χ0n) is 12.9. The third-order valence-corrected chi connectivity index (χ3v) is 3.78. The quantitative estimate of drug-likeness (QED) is 0.827. The van der Waals surface area contributed by atoms with Crippen LogP contribution in [-0.4, -0.2) is 43.0 Å². The smallest absolute Gasteiger partial charge is 0.231 e. The van der Waals surface area contributed by atoms with Gasteiger partial charge in [0.25, 0.3) is 0 Å². The highest BCUT2D eigenvalue weighted by Crippen LogP contribution is 2.26. The average molecular weight is 305 g/mol. The lowest BCUT2D eigenvalue weighted by Crippen LogP contribution is -2.42. The van der Waals surface area contributed by atoms with Crippen molar-refractivity contribution in [2.75, 3.05) is 31.6 Å². The van der Waals surface area contributed by atoms with Crippen molar-refractivity contribution in [3.63, 3.8) is 0 Å². The summed E-state index contributed by atoms with van der Waals surface area (Å²) < 4.78 is 5.51. The van der Waals surface area contributed by atoms with E-state index in [1.165, 1.54) is 0 Å². The summed E-state index contributed by atoms with van der Waals surface area (Å²) in [5.74, 6) is 0.322. The normalized spacial score (nSPS) is 16.2. The first-order valence-electron chi connectivity index (χ1n) is 7.63. The van der Waals surface area contributed by atoms with Crippen molar-refractivity contribution >= 4 is 17.5 Å². The molecule has 0 saturated carbocycles. The fraction of sp³-hybridized carbons (Fsp3) is 0.500. The third kappa shape index (κ3) is 4.46. The molecule has 0 unspecified atom stereocenters. The van der Waals surface area contributed by atoms with Crippen molar-refractivity contribution in [1.29, 1.82) is 0 Å². The molecule has 1 aliphatic rings. The average Bonchev–Trinajstić information content (AvgIpc) is 2.49. The minimum atomic E-state index is -0.325. The molecule has 3 N–H and O–H groups in total. The van der Waals surface area contributed by atoms with Gasteiger partial charge in [0.2, 0.25) is 11.8 Å². The molecule has 6 heteroatoms. The maximum atomic E-state index is 12.4. The van der Waals surface area contributed by atoms with Gasteiger partial charge in [-0.1, -0.05) is 12.1 Å². The van der Waals surface area contributed by atoms with Gasteiger partial charge >= 0.3 is 0 Å². The number of primary amides is 1. The van der Waals surface area contributed by atoms with Crippen molar-refractivity contribution < 1.29 is 14.3 Å². The minimum absolute atomic E-state index is 0.00544. The van der Waals surface area contributed by atoms with Crippen LogP contribution >= 0.6 is 0 Å². The molecular weight excluding hydrogens is 282 g/mol. The SMILES string of the molecule is CCOc1ccccc1NC(=O)C1CCN(CC(N)=O)CC1. The van der Waals surface area contributed by atoms with E-state index in [2.05, 4.69) is 5.32 Å². The largest absolute Gasteiger partial charge is 0.492 e. The molecule has 2 rings (SSSR count). The number of rotatable bonds is 6. The predicted molar refractivity (Wildman–Crippen MR) is 84.6 cm³/mol. The monoisotopic (exact) mass is 305 g/mol. The van der Waals surface area contributed by atoms with Gasteiger partial charge in [0.15, 0.2) is 0 Å². The van der Waals surface area contributed by atoms with E-state index in [1.54, 1.807) is 0 Å². The molecule has 0 atom stereocenters. The van der Waals surface area contributed by atoms with Crippen LogP contribution in [0.2, 0.25) is 0 Å². The first kappa shape index (κ1) is 16.3. The third-order valence-electron chi connectivity index (χ3n) is 3.78. The molecule has 0 aliphatic carbocycles. The molecule has 1 aliphatic heterocycles. The molecule has 6 nitrogen and oxygen atoms in total. The standard InChI is InChI=1S/C16H23N3O3/c1-2-22-14-6-4-3-5-13(14)18-16(21)12-7-9-19(10-8-12)11-15(17)20/h3-6,12H,2,7-11H2,1H3,(H2,17,20)(H,18,21). The van der Waals surface area contributed by atoms with E-state index < -0.39 is 0 Å². The number of nitrogens with one attached hydrogen (secondary N) is 1. The lowest BCUT2D eigenvalue weighted by atomic mass is 9.96. The van der Waals surface area contributed by atoms with Crippen LogP contribution < -0.4 is 15.8 Å². The van der Waals surface area contributed by atoms with Crippen LogP contribution in [0.5, 0.6) is 5.75 Å². The van der Waals surface area contributed by atoms with E-state index in [9.17, 15) is 9.59 Å². The number of benzene rings is 1. The maximum absolute atomic E-state index is 12.4. The van der Waals surface area contributed by atoms with E-state index in [0.29, 0.717) is 31.1 Å². The number of ether oxygens (including phenoxy) is 1. The maximum Gasteiger partial charge on any atom is 0.231 e. The molecule has 0 bridgehead atoms. The number of hydrogen-bond acceptors (Lipinski definition) is 4. The number of amides is 2. The lowest BCUT2D eigenvalue weighted by Gasteiger charge is -2.30. The summed E-state index contributed by atoms with van der Waals surface area (Å²) >= 11 is 0. The molecule has 1 aromatic rings. The van der Waals surface area contributed by atoms with Crippen LogP contribution in [0.1, 0.15) is 19.8 Å². The van der Waals surface area contributed by atoms with Crippen LogP contribution in [0.15, 0.2) is 24.3 Å². The summed E-state index contributed by atoms with van der Waals surface area (Å²) in [5, 5.41) is 2.95. The first-order valence-corrected chi connectivity index (χ1v) is 7.63. The lowest BCUT2D eigenvalue weighted by molar-refractivity contribution is -0.122. The van der Waals surface area contributed by atoms with Crippen molar-refractivity contribution in [3.8, 4) is 5.75 Å². The number of likely N-dealkylation sites (tertiary alicyclic amines) is 1. The fourth-order valence-electron chi connectivity index (χ4n) is 2.66.